The second-order valence-corrected chi connectivity index (χ2v) is 1.56. The smallest absolute Gasteiger partial charge is 0.0977 e. The van der Waals surface area contributed by atoms with Gasteiger partial charge in [-0.15, -0.1) is 5.10 Å². The molecule has 0 unspecified atom stereocenters. The number of nitrogens with zero attached hydrogens (tertiary/aromatic N) is 3. The second kappa shape index (κ2) is 2.07. The summed E-state index contributed by atoms with van der Waals surface area (Å²) in [7, 11) is 0. The minimum Gasteiger partial charge on any atom is -0.242 e. The zero-order valence-corrected chi connectivity index (χ0v) is 5.17. The van der Waals surface area contributed by atoms with E-state index in [0.717, 1.165) is 0 Å². The van der Waals surface area contributed by atoms with Crippen LogP contribution in [0.4, 0.5) is 0 Å². The quantitative estimate of drug-likeness (QED) is 0.567. The molecule has 0 aliphatic carbocycles. The van der Waals surface area contributed by atoms with Gasteiger partial charge in [-0.05, 0) is 0 Å². The van der Waals surface area contributed by atoms with Crippen LogP contribution in [0.5, 0.6) is 0 Å². The van der Waals surface area contributed by atoms with Crippen LogP contribution < -0.4 is 0 Å². The summed E-state index contributed by atoms with van der Waals surface area (Å²) in [6.07, 6.45) is 3.43. The van der Waals surface area contributed by atoms with Gasteiger partial charge in [-0.2, -0.15) is 0 Å². The molecule has 0 spiro atoms. The van der Waals surface area contributed by atoms with Gasteiger partial charge in [0.05, 0.1) is 11.7 Å². The fourth-order valence-electron chi connectivity index (χ4n) is 0.296. The van der Waals surface area contributed by atoms with Crippen molar-refractivity contribution in [2.24, 2.45) is 0 Å². The van der Waals surface area contributed by atoms with Crippen LogP contribution in [0.2, 0.25) is 0 Å². The van der Waals surface area contributed by atoms with Gasteiger partial charge in [-0.3, -0.25) is 0 Å². The minimum absolute atomic E-state index is 0.715. The first kappa shape index (κ1) is 4.77. The monoisotopic (exact) mass is 161 g/mol. The summed E-state index contributed by atoms with van der Waals surface area (Å²) < 4.78 is 1.68. The number of aromatic nitrogens is 3. The van der Waals surface area contributed by atoms with Gasteiger partial charge in [0.15, 0.2) is 0 Å². The summed E-state index contributed by atoms with van der Waals surface area (Å²) in [5.74, 6) is 0. The molecule has 0 radical (unpaired) electrons. The summed E-state index contributed by atoms with van der Waals surface area (Å²) in [6.45, 7) is 0. The van der Waals surface area contributed by atoms with Crippen molar-refractivity contribution in [1.82, 2.24) is 15.0 Å². The normalized spacial score (nSPS) is 9.29. The van der Waals surface area contributed by atoms with E-state index in [1.807, 2.05) is 0 Å². The van der Waals surface area contributed by atoms with E-state index in [4.69, 9.17) is 0 Å². The lowest BCUT2D eigenvalue weighted by atomic mass is 10.9. The highest BCUT2D eigenvalue weighted by Crippen LogP contribution is 1.85. The van der Waals surface area contributed by atoms with Gasteiger partial charge < -0.3 is 0 Å². The first-order chi connectivity index (χ1) is 3.43. The SMILES string of the molecule is BrCn1ccnn1. The fourth-order valence-corrected chi connectivity index (χ4v) is 0.564. The maximum absolute atomic E-state index is 3.65. The maximum atomic E-state index is 3.65. The molecule has 4 heteroatoms. The Labute approximate surface area is 49.5 Å². The topological polar surface area (TPSA) is 30.7 Å². The van der Waals surface area contributed by atoms with Gasteiger partial charge in [0, 0.05) is 6.20 Å². The van der Waals surface area contributed by atoms with Crippen LogP contribution in [0.3, 0.4) is 0 Å². The van der Waals surface area contributed by atoms with Crippen molar-refractivity contribution in [3.05, 3.63) is 12.4 Å². The molecule has 0 amide bonds. The van der Waals surface area contributed by atoms with Crippen molar-refractivity contribution in [1.29, 1.82) is 0 Å². The van der Waals surface area contributed by atoms with Gasteiger partial charge in [-0.25, -0.2) is 4.68 Å². The van der Waals surface area contributed by atoms with Crippen molar-refractivity contribution in [3.8, 4) is 0 Å². The highest BCUT2D eigenvalue weighted by atomic mass is 79.9. The molecule has 0 saturated heterocycles. The van der Waals surface area contributed by atoms with Crippen LogP contribution in [-0.4, -0.2) is 15.0 Å². The second-order valence-electron chi connectivity index (χ2n) is 1.06. The predicted molar refractivity (Wildman–Crippen MR) is 28.9 cm³/mol. The molecule has 0 aromatic carbocycles. The molecular formula is C3H4BrN3. The Morgan fingerprint density at radius 2 is 2.57 bits per heavy atom. The average Bonchev–Trinajstić information content (AvgIpc) is 2.14. The summed E-state index contributed by atoms with van der Waals surface area (Å²) >= 11 is 3.20. The third-order valence-electron chi connectivity index (χ3n) is 0.594. The van der Waals surface area contributed by atoms with Gasteiger partial charge in [0.1, 0.15) is 0 Å². The predicted octanol–water partition coefficient (Wildman–Crippen LogP) is 0.630. The van der Waals surface area contributed by atoms with Crippen LogP contribution in [0.1, 0.15) is 0 Å². The molecular weight excluding hydrogens is 158 g/mol. The van der Waals surface area contributed by atoms with E-state index in [9.17, 15) is 0 Å². The standard InChI is InChI=1S/C3H4BrN3/c4-3-7-2-1-5-6-7/h1-2H,3H2. The van der Waals surface area contributed by atoms with Gasteiger partial charge in [0.25, 0.3) is 0 Å². The summed E-state index contributed by atoms with van der Waals surface area (Å²) in [4.78, 5) is 0. The molecule has 0 atom stereocenters. The fraction of sp³-hybridized carbons (Fsp3) is 0.333. The first-order valence-electron chi connectivity index (χ1n) is 1.83. The van der Waals surface area contributed by atoms with E-state index in [2.05, 4.69) is 26.2 Å². The van der Waals surface area contributed by atoms with E-state index >= 15 is 0 Å². The Kier molecular flexibility index (Phi) is 1.41. The van der Waals surface area contributed by atoms with Crippen LogP contribution in [0.25, 0.3) is 0 Å². The molecule has 1 aromatic rings. The number of hydrogen-bond acceptors (Lipinski definition) is 2. The van der Waals surface area contributed by atoms with Crippen LogP contribution in [-0.2, 0) is 5.45 Å². The zero-order chi connectivity index (χ0) is 5.11. The first-order valence-corrected chi connectivity index (χ1v) is 2.95. The molecule has 0 fully saturated rings. The van der Waals surface area contributed by atoms with Crippen LogP contribution in [0, 0.1) is 0 Å². The zero-order valence-electron chi connectivity index (χ0n) is 3.58. The summed E-state index contributed by atoms with van der Waals surface area (Å²) in [5, 5.41) is 7.23. The molecule has 0 aliphatic rings. The maximum Gasteiger partial charge on any atom is 0.0977 e. The highest BCUT2D eigenvalue weighted by molar-refractivity contribution is 9.08. The average molecular weight is 162 g/mol. The molecule has 38 valence electrons. The van der Waals surface area contributed by atoms with Crippen LogP contribution in [0.15, 0.2) is 12.4 Å². The Bertz CT molecular complexity index is 125. The largest absolute Gasteiger partial charge is 0.242 e. The number of rotatable bonds is 1. The Morgan fingerprint density at radius 3 is 2.86 bits per heavy atom. The lowest BCUT2D eigenvalue weighted by Crippen LogP contribution is -1.90. The summed E-state index contributed by atoms with van der Waals surface area (Å²) in [5.41, 5.74) is 0.715. The third kappa shape index (κ3) is 0.991. The van der Waals surface area contributed by atoms with Crippen molar-refractivity contribution >= 4 is 15.9 Å². The third-order valence-corrected chi connectivity index (χ3v) is 1.11. The highest BCUT2D eigenvalue weighted by Gasteiger charge is 1.80. The molecule has 1 aromatic heterocycles. The number of halogens is 1. The summed E-state index contributed by atoms with van der Waals surface area (Å²) in [6, 6.07) is 0. The lowest BCUT2D eigenvalue weighted by molar-refractivity contribution is 0.708. The van der Waals surface area contributed by atoms with Gasteiger partial charge >= 0.3 is 0 Å². The lowest BCUT2D eigenvalue weighted by Gasteiger charge is -1.83. The molecule has 0 saturated carbocycles. The van der Waals surface area contributed by atoms with Crippen molar-refractivity contribution in [2.45, 2.75) is 5.45 Å². The Hall–Kier alpha value is -0.380. The van der Waals surface area contributed by atoms with Crippen LogP contribution >= 0.6 is 15.9 Å². The molecule has 0 N–H and O–H groups in total. The van der Waals surface area contributed by atoms with E-state index in [1.165, 1.54) is 0 Å². The Morgan fingerprint density at radius 1 is 1.71 bits per heavy atom. The van der Waals surface area contributed by atoms with Gasteiger partial charge in [-0.1, -0.05) is 21.1 Å². The minimum atomic E-state index is 0.715. The van der Waals surface area contributed by atoms with E-state index in [-0.39, 0.29) is 0 Å². The van der Waals surface area contributed by atoms with Gasteiger partial charge in [0.2, 0.25) is 0 Å². The number of alkyl halides is 1. The van der Waals surface area contributed by atoms with Crippen molar-refractivity contribution in [2.75, 3.05) is 0 Å². The van der Waals surface area contributed by atoms with Crippen molar-refractivity contribution < 1.29 is 0 Å². The number of hydrogen-bond donors (Lipinski definition) is 0. The molecule has 7 heavy (non-hydrogen) atoms. The molecule has 0 bridgehead atoms. The molecule has 3 nitrogen and oxygen atoms in total. The van der Waals surface area contributed by atoms with E-state index < -0.39 is 0 Å². The van der Waals surface area contributed by atoms with E-state index in [1.54, 1.807) is 17.1 Å². The molecule has 0 aliphatic heterocycles. The van der Waals surface area contributed by atoms with Crippen molar-refractivity contribution in [3.63, 3.8) is 0 Å². The Balaban J connectivity index is 2.76. The molecule has 1 heterocycles. The molecule has 1 rings (SSSR count). The van der Waals surface area contributed by atoms with E-state index in [0.29, 0.717) is 5.45 Å².